The maximum absolute atomic E-state index is 4.85. The number of thioether (sulfide) groups is 1. The van der Waals surface area contributed by atoms with Crippen molar-refractivity contribution in [1.82, 2.24) is 0 Å². The quantitative estimate of drug-likeness (QED) is 0.508. The predicted octanol–water partition coefficient (Wildman–Crippen LogP) is 2.28. The molecule has 2 atom stereocenters. The summed E-state index contributed by atoms with van der Waals surface area (Å²) < 4.78 is 0. The fourth-order valence-electron chi connectivity index (χ4n) is 1.11. The second-order valence-electron chi connectivity index (χ2n) is 2.52. The van der Waals surface area contributed by atoms with Gasteiger partial charge in [-0.1, -0.05) is 30.4 Å². The van der Waals surface area contributed by atoms with Crippen molar-refractivity contribution in [3.8, 4) is 0 Å². The smallest absolute Gasteiger partial charge is 0.0829 e. The van der Waals surface area contributed by atoms with E-state index in [2.05, 4.69) is 24.0 Å². The number of allylic oxidation sites excluding steroid dienone is 2. The van der Waals surface area contributed by atoms with Gasteiger partial charge in [0.15, 0.2) is 0 Å². The minimum absolute atomic E-state index is 0.207. The molecule has 0 bridgehead atoms. The lowest BCUT2D eigenvalue weighted by molar-refractivity contribution is 0.849. The largest absolute Gasteiger partial charge is 0.292 e. The number of hydrogen-bond donors (Lipinski definition) is 0. The van der Waals surface area contributed by atoms with Crippen LogP contribution in [0, 0.1) is 0 Å². The van der Waals surface area contributed by atoms with Crippen LogP contribution in [0.1, 0.15) is 0 Å². The first-order chi connectivity index (χ1) is 5.81. The molecular weight excluding hydrogens is 186 g/mol. The Morgan fingerprint density at radius 2 is 2.50 bits per heavy atom. The normalized spacial score (nSPS) is 27.9. The van der Waals surface area contributed by atoms with Crippen LogP contribution < -0.4 is 0 Å². The molecule has 0 amide bonds. The van der Waals surface area contributed by atoms with E-state index in [0.717, 1.165) is 5.57 Å². The summed E-state index contributed by atoms with van der Waals surface area (Å²) >= 11 is 6.62. The molecule has 0 aromatic rings. The monoisotopic (exact) mass is 197 g/mol. The average molecular weight is 197 g/mol. The predicted molar refractivity (Wildman–Crippen MR) is 61.5 cm³/mol. The number of aliphatic imine (C=N–C) groups is 1. The Labute approximate surface area is 82.7 Å². The van der Waals surface area contributed by atoms with E-state index in [9.17, 15) is 0 Å². The van der Waals surface area contributed by atoms with Crippen molar-refractivity contribution in [3.63, 3.8) is 0 Å². The van der Waals surface area contributed by atoms with Crippen LogP contribution in [0.3, 0.4) is 0 Å². The van der Waals surface area contributed by atoms with Crippen molar-refractivity contribution in [3.05, 3.63) is 23.8 Å². The maximum atomic E-state index is 4.85. The van der Waals surface area contributed by atoms with Gasteiger partial charge in [0.25, 0.3) is 0 Å². The summed E-state index contributed by atoms with van der Waals surface area (Å²) in [5.41, 5.74) is 1.10. The second kappa shape index (κ2) is 4.58. The van der Waals surface area contributed by atoms with Crippen LogP contribution in [0.5, 0.6) is 0 Å². The van der Waals surface area contributed by atoms with E-state index in [1.165, 1.54) is 0 Å². The molecular formula is C9H11NS2. The van der Waals surface area contributed by atoms with Gasteiger partial charge in [-0.15, -0.1) is 0 Å². The van der Waals surface area contributed by atoms with Crippen molar-refractivity contribution in [2.45, 2.75) is 11.3 Å². The molecule has 3 heteroatoms. The van der Waals surface area contributed by atoms with Gasteiger partial charge in [0.05, 0.1) is 6.04 Å². The van der Waals surface area contributed by atoms with E-state index in [1.54, 1.807) is 17.1 Å². The third-order valence-electron chi connectivity index (χ3n) is 1.80. The van der Waals surface area contributed by atoms with Crippen molar-refractivity contribution in [1.29, 1.82) is 0 Å². The molecule has 1 nitrogen and oxygen atoms in total. The SMILES string of the molecule is C=NC1C=CC(C=S)=CC1SC. The van der Waals surface area contributed by atoms with E-state index in [-0.39, 0.29) is 6.04 Å². The standard InChI is InChI=1S/C9H11NS2/c1-10-8-4-3-7(6-11)5-9(8)12-2/h3-6,8-9H,1H2,2H3. The summed E-state index contributed by atoms with van der Waals surface area (Å²) in [5, 5.41) is 2.08. The first-order valence-electron chi connectivity index (χ1n) is 3.65. The molecule has 12 heavy (non-hydrogen) atoms. The molecule has 0 N–H and O–H groups in total. The molecule has 1 rings (SSSR count). The van der Waals surface area contributed by atoms with Gasteiger partial charge in [0.1, 0.15) is 0 Å². The summed E-state index contributed by atoms with van der Waals surface area (Å²) in [5.74, 6) is 0. The summed E-state index contributed by atoms with van der Waals surface area (Å²) in [6, 6.07) is 0.207. The van der Waals surface area contributed by atoms with E-state index in [0.29, 0.717) is 5.25 Å². The van der Waals surface area contributed by atoms with Crippen LogP contribution >= 0.6 is 24.0 Å². The number of nitrogens with zero attached hydrogens (tertiary/aromatic N) is 1. The van der Waals surface area contributed by atoms with Crippen LogP contribution in [0.25, 0.3) is 0 Å². The third-order valence-corrected chi connectivity index (χ3v) is 3.03. The first-order valence-corrected chi connectivity index (χ1v) is 5.41. The topological polar surface area (TPSA) is 12.4 Å². The Kier molecular flexibility index (Phi) is 3.69. The highest BCUT2D eigenvalue weighted by Crippen LogP contribution is 2.22. The molecule has 0 aromatic carbocycles. The Morgan fingerprint density at radius 1 is 1.75 bits per heavy atom. The average Bonchev–Trinajstić information content (AvgIpc) is 2.16. The third kappa shape index (κ3) is 2.05. The van der Waals surface area contributed by atoms with Gasteiger partial charge in [-0.2, -0.15) is 11.8 Å². The number of rotatable bonds is 3. The maximum Gasteiger partial charge on any atom is 0.0829 e. The van der Waals surface area contributed by atoms with Crippen molar-refractivity contribution >= 4 is 36.1 Å². The Balaban J connectivity index is 2.80. The highest BCUT2D eigenvalue weighted by molar-refractivity contribution is 7.99. The molecule has 0 radical (unpaired) electrons. The van der Waals surface area contributed by atoms with Crippen molar-refractivity contribution < 1.29 is 0 Å². The molecule has 1 aliphatic carbocycles. The molecule has 0 heterocycles. The lowest BCUT2D eigenvalue weighted by Gasteiger charge is -2.19. The Bertz CT molecular complexity index is 243. The van der Waals surface area contributed by atoms with Gasteiger partial charge in [-0.3, -0.25) is 4.99 Å². The number of thiocarbonyl (C=S) groups is 1. The summed E-state index contributed by atoms with van der Waals surface area (Å²) in [4.78, 5) is 4.02. The van der Waals surface area contributed by atoms with Gasteiger partial charge in [-0.05, 0) is 18.5 Å². The minimum Gasteiger partial charge on any atom is -0.292 e. The lowest BCUT2D eigenvalue weighted by Crippen LogP contribution is -2.19. The van der Waals surface area contributed by atoms with Crippen LogP contribution in [0.15, 0.2) is 28.8 Å². The van der Waals surface area contributed by atoms with Crippen molar-refractivity contribution in [2.24, 2.45) is 4.99 Å². The fraction of sp³-hybridized carbons (Fsp3) is 0.333. The summed E-state index contributed by atoms with van der Waals surface area (Å²) in [6.45, 7) is 3.55. The highest BCUT2D eigenvalue weighted by atomic mass is 32.2. The fourth-order valence-corrected chi connectivity index (χ4v) is 2.02. The van der Waals surface area contributed by atoms with Crippen LogP contribution in [-0.2, 0) is 0 Å². The summed E-state index contributed by atoms with van der Waals surface area (Å²) in [7, 11) is 0. The molecule has 0 aromatic heterocycles. The van der Waals surface area contributed by atoms with Gasteiger partial charge >= 0.3 is 0 Å². The zero-order valence-electron chi connectivity index (χ0n) is 6.93. The zero-order chi connectivity index (χ0) is 8.97. The van der Waals surface area contributed by atoms with Gasteiger partial charge in [-0.25, -0.2) is 0 Å². The van der Waals surface area contributed by atoms with Crippen LogP contribution in [-0.4, -0.2) is 29.6 Å². The van der Waals surface area contributed by atoms with E-state index < -0.39 is 0 Å². The summed E-state index contributed by atoms with van der Waals surface area (Å²) in [6.07, 6.45) is 8.25. The lowest BCUT2D eigenvalue weighted by atomic mass is 10.0. The number of hydrogen-bond acceptors (Lipinski definition) is 3. The Morgan fingerprint density at radius 3 is 3.00 bits per heavy atom. The zero-order valence-corrected chi connectivity index (χ0v) is 8.57. The Hall–Kier alpha value is -0.410. The molecule has 2 unspecified atom stereocenters. The van der Waals surface area contributed by atoms with Gasteiger partial charge < -0.3 is 0 Å². The molecule has 0 fully saturated rings. The highest BCUT2D eigenvalue weighted by Gasteiger charge is 2.17. The molecule has 64 valence electrons. The first kappa shape index (κ1) is 9.68. The van der Waals surface area contributed by atoms with E-state index in [1.807, 2.05) is 12.2 Å². The minimum atomic E-state index is 0.207. The molecule has 0 saturated carbocycles. The molecule has 1 aliphatic rings. The second-order valence-corrected chi connectivity index (χ2v) is 3.77. The van der Waals surface area contributed by atoms with E-state index in [4.69, 9.17) is 12.2 Å². The van der Waals surface area contributed by atoms with Gasteiger partial charge in [0.2, 0.25) is 0 Å². The van der Waals surface area contributed by atoms with Crippen LogP contribution in [0.4, 0.5) is 0 Å². The van der Waals surface area contributed by atoms with Gasteiger partial charge in [0, 0.05) is 10.6 Å². The van der Waals surface area contributed by atoms with Crippen molar-refractivity contribution in [2.75, 3.05) is 6.26 Å². The molecule has 0 spiro atoms. The molecule has 0 aliphatic heterocycles. The molecule has 0 saturated heterocycles. The van der Waals surface area contributed by atoms with Crippen LogP contribution in [0.2, 0.25) is 0 Å². The van der Waals surface area contributed by atoms with E-state index >= 15 is 0 Å².